The van der Waals surface area contributed by atoms with Crippen molar-refractivity contribution in [3.8, 4) is 0 Å². The molecular weight excluding hydrogens is 342 g/mol. The summed E-state index contributed by atoms with van der Waals surface area (Å²) in [6.45, 7) is 0. The molecule has 0 fully saturated rings. The smallest absolute Gasteiger partial charge is 0.256 e. The van der Waals surface area contributed by atoms with Gasteiger partial charge < -0.3 is 4.42 Å². The Morgan fingerprint density at radius 1 is 1.40 bits per heavy atom. The molecule has 0 aliphatic carbocycles. The molecule has 2 aromatic rings. The first-order valence-electron chi connectivity index (χ1n) is 4.48. The lowest BCUT2D eigenvalue weighted by Gasteiger charge is -2.00. The molecular formula is C10H9Br2NOS. The molecule has 80 valence electrons. The summed E-state index contributed by atoms with van der Waals surface area (Å²) >= 11 is 8.58. The molecule has 0 amide bonds. The Labute approximate surface area is 109 Å². The Kier molecular flexibility index (Phi) is 4.11. The molecule has 2 rings (SSSR count). The van der Waals surface area contributed by atoms with Crippen molar-refractivity contribution in [1.82, 2.24) is 4.98 Å². The molecule has 0 unspecified atom stereocenters. The van der Waals surface area contributed by atoms with Gasteiger partial charge in [0.1, 0.15) is 5.52 Å². The van der Waals surface area contributed by atoms with Gasteiger partial charge in [-0.2, -0.15) is 0 Å². The number of oxazole rings is 1. The van der Waals surface area contributed by atoms with E-state index in [9.17, 15) is 0 Å². The SMILES string of the molecule is BrC[C@H](Br)CSc1nc2ccccc2o1. The largest absolute Gasteiger partial charge is 0.431 e. The molecule has 0 saturated carbocycles. The average Bonchev–Trinajstić information content (AvgIpc) is 2.68. The van der Waals surface area contributed by atoms with E-state index in [1.165, 1.54) is 0 Å². The molecule has 0 spiro atoms. The Hall–Kier alpha value is 0.000000000000000167. The van der Waals surface area contributed by atoms with Crippen molar-refractivity contribution in [3.63, 3.8) is 0 Å². The van der Waals surface area contributed by atoms with E-state index in [2.05, 4.69) is 36.8 Å². The monoisotopic (exact) mass is 349 g/mol. The number of alkyl halides is 2. The minimum atomic E-state index is 0.442. The molecule has 1 heterocycles. The lowest BCUT2D eigenvalue weighted by atomic mass is 10.3. The quantitative estimate of drug-likeness (QED) is 0.613. The van der Waals surface area contributed by atoms with Gasteiger partial charge in [0, 0.05) is 15.9 Å². The zero-order chi connectivity index (χ0) is 10.7. The van der Waals surface area contributed by atoms with Crippen LogP contribution in [0.5, 0.6) is 0 Å². The Morgan fingerprint density at radius 2 is 2.20 bits per heavy atom. The van der Waals surface area contributed by atoms with Crippen LogP contribution in [0.3, 0.4) is 0 Å². The molecule has 1 aromatic heterocycles. The number of fused-ring (bicyclic) bond motifs is 1. The van der Waals surface area contributed by atoms with Crippen molar-refractivity contribution in [2.75, 3.05) is 11.1 Å². The van der Waals surface area contributed by atoms with Crippen molar-refractivity contribution in [2.24, 2.45) is 0 Å². The minimum Gasteiger partial charge on any atom is -0.431 e. The normalized spacial score (nSPS) is 13.2. The molecule has 5 heteroatoms. The minimum absolute atomic E-state index is 0.442. The second kappa shape index (κ2) is 5.37. The first-order valence-corrected chi connectivity index (χ1v) is 7.50. The van der Waals surface area contributed by atoms with Gasteiger partial charge in [0.15, 0.2) is 5.58 Å². The van der Waals surface area contributed by atoms with Crippen LogP contribution in [0, 0.1) is 0 Å². The van der Waals surface area contributed by atoms with Gasteiger partial charge >= 0.3 is 0 Å². The van der Waals surface area contributed by atoms with Crippen molar-refractivity contribution in [2.45, 2.75) is 10.0 Å². The highest BCUT2D eigenvalue weighted by Gasteiger charge is 2.08. The predicted molar refractivity (Wildman–Crippen MR) is 71.2 cm³/mol. The molecule has 0 aliphatic rings. The van der Waals surface area contributed by atoms with E-state index >= 15 is 0 Å². The second-order valence-electron chi connectivity index (χ2n) is 3.01. The maximum absolute atomic E-state index is 5.58. The highest BCUT2D eigenvalue weighted by molar-refractivity contribution is 9.12. The summed E-state index contributed by atoms with van der Waals surface area (Å²) < 4.78 is 5.58. The molecule has 0 saturated heterocycles. The van der Waals surface area contributed by atoms with Crippen molar-refractivity contribution >= 4 is 54.7 Å². The maximum atomic E-state index is 5.58. The van der Waals surface area contributed by atoms with E-state index < -0.39 is 0 Å². The summed E-state index contributed by atoms with van der Waals surface area (Å²) in [5.74, 6) is 0.943. The van der Waals surface area contributed by atoms with Gasteiger partial charge in [-0.25, -0.2) is 4.98 Å². The van der Waals surface area contributed by atoms with Crippen molar-refractivity contribution in [3.05, 3.63) is 24.3 Å². The Balaban J connectivity index is 2.09. The Bertz CT molecular complexity index is 413. The van der Waals surface area contributed by atoms with Crippen LogP contribution in [0.2, 0.25) is 0 Å². The summed E-state index contributed by atoms with van der Waals surface area (Å²) in [4.78, 5) is 4.82. The standard InChI is InChI=1S/C10H9Br2NOS/c11-5-7(12)6-15-10-13-8-3-1-2-4-9(8)14-10/h1-4,7H,5-6H2/t7-/m0/s1. The number of thioether (sulfide) groups is 1. The number of para-hydroxylation sites is 2. The van der Waals surface area contributed by atoms with E-state index in [0.717, 1.165) is 27.4 Å². The number of halogens is 2. The second-order valence-corrected chi connectivity index (χ2v) is 5.92. The summed E-state index contributed by atoms with van der Waals surface area (Å²) in [6.07, 6.45) is 0. The fraction of sp³-hybridized carbons (Fsp3) is 0.300. The van der Waals surface area contributed by atoms with Gasteiger partial charge in [-0.3, -0.25) is 0 Å². The zero-order valence-electron chi connectivity index (χ0n) is 7.82. The molecule has 1 aromatic carbocycles. The van der Waals surface area contributed by atoms with Gasteiger partial charge in [-0.15, -0.1) is 0 Å². The number of nitrogens with zero attached hydrogens (tertiary/aromatic N) is 1. The molecule has 2 nitrogen and oxygen atoms in total. The number of hydrogen-bond acceptors (Lipinski definition) is 3. The first kappa shape index (κ1) is 11.5. The first-order chi connectivity index (χ1) is 7.29. The van der Waals surface area contributed by atoms with Gasteiger partial charge in [-0.05, 0) is 12.1 Å². The van der Waals surface area contributed by atoms with Crippen LogP contribution < -0.4 is 0 Å². The maximum Gasteiger partial charge on any atom is 0.256 e. The molecule has 0 bridgehead atoms. The predicted octanol–water partition coefficient (Wildman–Crippen LogP) is 4.08. The van der Waals surface area contributed by atoms with E-state index in [-0.39, 0.29) is 0 Å². The fourth-order valence-corrected chi connectivity index (χ4v) is 2.80. The lowest BCUT2D eigenvalue weighted by molar-refractivity contribution is 0.489. The van der Waals surface area contributed by atoms with Crippen LogP contribution in [0.15, 0.2) is 33.9 Å². The van der Waals surface area contributed by atoms with Crippen LogP contribution in [-0.4, -0.2) is 20.9 Å². The lowest BCUT2D eigenvalue weighted by Crippen LogP contribution is -2.01. The van der Waals surface area contributed by atoms with Crippen LogP contribution in [0.4, 0.5) is 0 Å². The van der Waals surface area contributed by atoms with Gasteiger partial charge in [0.25, 0.3) is 5.22 Å². The van der Waals surface area contributed by atoms with E-state index in [1.807, 2.05) is 24.3 Å². The number of rotatable bonds is 4. The van der Waals surface area contributed by atoms with Crippen LogP contribution in [0.25, 0.3) is 11.1 Å². The number of aromatic nitrogens is 1. The average molecular weight is 351 g/mol. The van der Waals surface area contributed by atoms with E-state index in [4.69, 9.17) is 4.42 Å². The van der Waals surface area contributed by atoms with Crippen LogP contribution in [-0.2, 0) is 0 Å². The van der Waals surface area contributed by atoms with Gasteiger partial charge in [0.2, 0.25) is 0 Å². The van der Waals surface area contributed by atoms with E-state index in [0.29, 0.717) is 4.83 Å². The van der Waals surface area contributed by atoms with Gasteiger partial charge in [0.05, 0.1) is 0 Å². The summed E-state index contributed by atoms with van der Waals surface area (Å²) in [5, 5.41) is 1.67. The fourth-order valence-electron chi connectivity index (χ4n) is 1.12. The highest BCUT2D eigenvalue weighted by Crippen LogP contribution is 2.25. The summed E-state index contributed by atoms with van der Waals surface area (Å²) in [7, 11) is 0. The molecule has 15 heavy (non-hydrogen) atoms. The van der Waals surface area contributed by atoms with Gasteiger partial charge in [-0.1, -0.05) is 55.8 Å². The number of benzene rings is 1. The third-order valence-corrected chi connectivity index (χ3v) is 5.55. The van der Waals surface area contributed by atoms with Crippen molar-refractivity contribution in [1.29, 1.82) is 0 Å². The Morgan fingerprint density at radius 3 is 2.93 bits per heavy atom. The molecule has 0 N–H and O–H groups in total. The van der Waals surface area contributed by atoms with Crippen LogP contribution in [0.1, 0.15) is 0 Å². The summed E-state index contributed by atoms with van der Waals surface area (Å²) in [5.41, 5.74) is 1.77. The third-order valence-electron chi connectivity index (χ3n) is 1.83. The van der Waals surface area contributed by atoms with Crippen molar-refractivity contribution < 1.29 is 4.42 Å². The summed E-state index contributed by atoms with van der Waals surface area (Å²) in [6, 6.07) is 7.81. The van der Waals surface area contributed by atoms with Crippen LogP contribution >= 0.6 is 43.6 Å². The van der Waals surface area contributed by atoms with E-state index in [1.54, 1.807) is 11.8 Å². The zero-order valence-corrected chi connectivity index (χ0v) is 11.8. The highest BCUT2D eigenvalue weighted by atomic mass is 79.9. The molecule has 1 atom stereocenters. The molecule has 0 aliphatic heterocycles. The third kappa shape index (κ3) is 2.98. The topological polar surface area (TPSA) is 26.0 Å². The number of hydrogen-bond donors (Lipinski definition) is 0. The molecule has 0 radical (unpaired) electrons.